The SMILES string of the molecule is CC(=O)c1oc2c(c1C(=O)N1CCN(C)CC1)C(=O)c1ccccc1C2=O.Cl. The standard InChI is InChI=1S/C20H18N2O5.ClH/c1-11(23)18-15(20(26)22-9-7-21(2)8-10-22)14-16(24)12-5-3-4-6-13(12)17(25)19(14)27-18;/h3-6H,7-10H2,1-2H3;1H. The van der Waals surface area contributed by atoms with Gasteiger partial charge in [0.1, 0.15) is 5.56 Å². The number of benzene rings is 1. The molecule has 0 atom stereocenters. The summed E-state index contributed by atoms with van der Waals surface area (Å²) >= 11 is 0. The number of amides is 1. The van der Waals surface area contributed by atoms with Gasteiger partial charge in [0.15, 0.2) is 23.1 Å². The molecule has 1 aromatic carbocycles. The Morgan fingerprint density at radius 2 is 1.54 bits per heavy atom. The first-order chi connectivity index (χ1) is 12.9. The van der Waals surface area contributed by atoms with E-state index in [9.17, 15) is 19.2 Å². The zero-order valence-electron chi connectivity index (χ0n) is 15.5. The predicted molar refractivity (Wildman–Crippen MR) is 103 cm³/mol. The van der Waals surface area contributed by atoms with Gasteiger partial charge in [-0.3, -0.25) is 19.2 Å². The van der Waals surface area contributed by atoms with Crippen molar-refractivity contribution in [2.45, 2.75) is 6.92 Å². The van der Waals surface area contributed by atoms with Gasteiger partial charge in [-0.2, -0.15) is 0 Å². The van der Waals surface area contributed by atoms with E-state index in [4.69, 9.17) is 4.42 Å². The molecule has 0 N–H and O–H groups in total. The van der Waals surface area contributed by atoms with Gasteiger partial charge < -0.3 is 14.2 Å². The number of fused-ring (bicyclic) bond motifs is 2. The summed E-state index contributed by atoms with van der Waals surface area (Å²) in [5, 5.41) is 0. The van der Waals surface area contributed by atoms with Crippen LogP contribution < -0.4 is 0 Å². The normalized spacial score (nSPS) is 16.3. The maximum absolute atomic E-state index is 13.2. The molecule has 2 aliphatic rings. The predicted octanol–water partition coefficient (Wildman–Crippen LogP) is 2.07. The Morgan fingerprint density at radius 1 is 0.964 bits per heavy atom. The van der Waals surface area contributed by atoms with Gasteiger partial charge in [-0.05, 0) is 7.05 Å². The topological polar surface area (TPSA) is 87.9 Å². The Labute approximate surface area is 167 Å². The van der Waals surface area contributed by atoms with Crippen molar-refractivity contribution in [2.24, 2.45) is 0 Å². The van der Waals surface area contributed by atoms with Crippen LogP contribution in [0, 0.1) is 0 Å². The zero-order chi connectivity index (χ0) is 19.3. The first kappa shape index (κ1) is 20.0. The fourth-order valence-corrected chi connectivity index (χ4v) is 3.56. The summed E-state index contributed by atoms with van der Waals surface area (Å²) in [4.78, 5) is 54.8. The summed E-state index contributed by atoms with van der Waals surface area (Å²) in [6, 6.07) is 6.39. The Hall–Kier alpha value is -2.77. The lowest BCUT2D eigenvalue weighted by Gasteiger charge is -2.32. The fraction of sp³-hybridized carbons (Fsp3) is 0.300. The third-order valence-electron chi connectivity index (χ3n) is 5.08. The average molecular weight is 403 g/mol. The van der Waals surface area contributed by atoms with Crippen molar-refractivity contribution >= 4 is 35.7 Å². The molecule has 7 nitrogen and oxygen atoms in total. The highest BCUT2D eigenvalue weighted by atomic mass is 35.5. The molecule has 8 heteroatoms. The molecular formula is C20H19ClN2O5. The lowest BCUT2D eigenvalue weighted by molar-refractivity contribution is 0.0656. The molecular weight excluding hydrogens is 384 g/mol. The third kappa shape index (κ3) is 2.96. The lowest BCUT2D eigenvalue weighted by Crippen LogP contribution is -2.47. The summed E-state index contributed by atoms with van der Waals surface area (Å²) in [7, 11) is 1.96. The van der Waals surface area contributed by atoms with Crippen LogP contribution in [0.1, 0.15) is 59.9 Å². The Morgan fingerprint density at radius 3 is 2.11 bits per heavy atom. The highest BCUT2D eigenvalue weighted by Gasteiger charge is 2.41. The molecule has 0 radical (unpaired) electrons. The summed E-state index contributed by atoms with van der Waals surface area (Å²) in [5.41, 5.74) is 0.263. The van der Waals surface area contributed by atoms with E-state index in [-0.39, 0.29) is 46.2 Å². The quantitative estimate of drug-likeness (QED) is 0.610. The van der Waals surface area contributed by atoms with E-state index in [2.05, 4.69) is 4.90 Å². The number of ketones is 3. The van der Waals surface area contributed by atoms with E-state index < -0.39 is 23.3 Å². The molecule has 1 saturated heterocycles. The van der Waals surface area contributed by atoms with E-state index in [0.29, 0.717) is 26.2 Å². The van der Waals surface area contributed by atoms with E-state index in [1.165, 1.54) is 13.0 Å². The number of hydrogen-bond donors (Lipinski definition) is 0. The first-order valence-electron chi connectivity index (χ1n) is 8.74. The molecule has 0 saturated carbocycles. The second-order valence-electron chi connectivity index (χ2n) is 6.87. The smallest absolute Gasteiger partial charge is 0.258 e. The number of nitrogens with zero attached hydrogens (tertiary/aromatic N) is 2. The van der Waals surface area contributed by atoms with E-state index in [1.54, 1.807) is 23.1 Å². The number of rotatable bonds is 2. The zero-order valence-corrected chi connectivity index (χ0v) is 16.3. The molecule has 1 amide bonds. The minimum atomic E-state index is -0.494. The van der Waals surface area contributed by atoms with Crippen LogP contribution in [-0.4, -0.2) is 66.3 Å². The van der Waals surface area contributed by atoms with E-state index in [1.807, 2.05) is 7.05 Å². The molecule has 1 aromatic heterocycles. The number of halogens is 1. The molecule has 4 rings (SSSR count). The molecule has 1 aliphatic heterocycles. The summed E-state index contributed by atoms with van der Waals surface area (Å²) in [5.74, 6) is -2.33. The van der Waals surface area contributed by atoms with Gasteiger partial charge in [0.25, 0.3) is 5.91 Å². The molecule has 1 fully saturated rings. The Balaban J connectivity index is 0.00000225. The number of furan rings is 1. The van der Waals surface area contributed by atoms with Crippen LogP contribution in [0.3, 0.4) is 0 Å². The van der Waals surface area contributed by atoms with Crippen molar-refractivity contribution < 1.29 is 23.6 Å². The molecule has 28 heavy (non-hydrogen) atoms. The van der Waals surface area contributed by atoms with Crippen molar-refractivity contribution in [2.75, 3.05) is 33.2 Å². The number of likely N-dealkylation sites (N-methyl/N-ethyl adjacent to an activating group) is 1. The van der Waals surface area contributed by atoms with E-state index >= 15 is 0 Å². The van der Waals surface area contributed by atoms with Crippen molar-refractivity contribution in [1.82, 2.24) is 9.80 Å². The third-order valence-corrected chi connectivity index (χ3v) is 5.08. The first-order valence-corrected chi connectivity index (χ1v) is 8.74. The van der Waals surface area contributed by atoms with Gasteiger partial charge in [0, 0.05) is 44.2 Å². The van der Waals surface area contributed by atoms with Crippen LogP contribution >= 0.6 is 12.4 Å². The summed E-state index contributed by atoms with van der Waals surface area (Å²) in [6.07, 6.45) is 0. The van der Waals surface area contributed by atoms with Crippen molar-refractivity contribution in [3.05, 3.63) is 58.0 Å². The second kappa shape index (κ2) is 7.33. The van der Waals surface area contributed by atoms with Gasteiger partial charge in [0.2, 0.25) is 5.78 Å². The average Bonchev–Trinajstić information content (AvgIpc) is 3.07. The maximum Gasteiger partial charge on any atom is 0.258 e. The van der Waals surface area contributed by atoms with Crippen LogP contribution in [-0.2, 0) is 0 Å². The highest BCUT2D eigenvalue weighted by Crippen LogP contribution is 2.34. The molecule has 146 valence electrons. The molecule has 2 heterocycles. The number of carbonyl (C=O) groups excluding carboxylic acids is 4. The minimum Gasteiger partial charge on any atom is -0.448 e. The summed E-state index contributed by atoms with van der Waals surface area (Å²) in [6.45, 7) is 3.59. The Bertz CT molecular complexity index is 1000. The number of piperazine rings is 1. The summed E-state index contributed by atoms with van der Waals surface area (Å²) < 4.78 is 5.49. The maximum atomic E-state index is 13.2. The van der Waals surface area contributed by atoms with Crippen LogP contribution in [0.5, 0.6) is 0 Å². The Kier molecular flexibility index (Phi) is 5.23. The van der Waals surface area contributed by atoms with Crippen LogP contribution in [0.15, 0.2) is 28.7 Å². The van der Waals surface area contributed by atoms with Crippen molar-refractivity contribution in [1.29, 1.82) is 0 Å². The minimum absolute atomic E-state index is 0. The van der Waals surface area contributed by atoms with Crippen LogP contribution in [0.2, 0.25) is 0 Å². The molecule has 0 spiro atoms. The van der Waals surface area contributed by atoms with Gasteiger partial charge in [-0.15, -0.1) is 12.4 Å². The fourth-order valence-electron chi connectivity index (χ4n) is 3.56. The van der Waals surface area contributed by atoms with Gasteiger partial charge >= 0.3 is 0 Å². The lowest BCUT2D eigenvalue weighted by atomic mass is 9.86. The number of carbonyl (C=O) groups is 4. The number of hydrogen-bond acceptors (Lipinski definition) is 6. The largest absolute Gasteiger partial charge is 0.448 e. The second-order valence-corrected chi connectivity index (χ2v) is 6.87. The molecule has 2 aromatic rings. The van der Waals surface area contributed by atoms with Crippen LogP contribution in [0.4, 0.5) is 0 Å². The van der Waals surface area contributed by atoms with Gasteiger partial charge in [-0.25, -0.2) is 0 Å². The monoisotopic (exact) mass is 402 g/mol. The number of Topliss-reactive ketones (excluding diaryl/α,β-unsaturated/α-hetero) is 1. The van der Waals surface area contributed by atoms with Crippen molar-refractivity contribution in [3.8, 4) is 0 Å². The van der Waals surface area contributed by atoms with Gasteiger partial charge in [0.05, 0.1) is 5.56 Å². The van der Waals surface area contributed by atoms with Crippen LogP contribution in [0.25, 0.3) is 0 Å². The highest BCUT2D eigenvalue weighted by molar-refractivity contribution is 6.31. The van der Waals surface area contributed by atoms with E-state index in [0.717, 1.165) is 0 Å². The van der Waals surface area contributed by atoms with Gasteiger partial charge in [-0.1, -0.05) is 24.3 Å². The molecule has 0 bridgehead atoms. The van der Waals surface area contributed by atoms with Crippen molar-refractivity contribution in [3.63, 3.8) is 0 Å². The molecule has 0 unspecified atom stereocenters. The molecule has 1 aliphatic carbocycles.